The van der Waals surface area contributed by atoms with Crippen molar-refractivity contribution >= 4 is 5.78 Å². The van der Waals surface area contributed by atoms with Gasteiger partial charge in [-0.05, 0) is 13.8 Å². The van der Waals surface area contributed by atoms with Crippen molar-refractivity contribution in [2.24, 2.45) is 0 Å². The second kappa shape index (κ2) is 4.41. The van der Waals surface area contributed by atoms with Gasteiger partial charge >= 0.3 is 0 Å². The quantitative estimate of drug-likeness (QED) is 0.623. The predicted octanol–water partition coefficient (Wildman–Crippen LogP) is 0.361. The number of rotatable bonds is 4. The fourth-order valence-corrected chi connectivity index (χ4v) is 0.734. The van der Waals surface area contributed by atoms with E-state index in [0.717, 1.165) is 0 Å². The second-order valence-corrected chi connectivity index (χ2v) is 2.42. The Bertz CT molecular complexity index is 109. The normalized spacial score (nSPS) is 16.4. The Hall–Kier alpha value is -0.410. The summed E-state index contributed by atoms with van der Waals surface area (Å²) in [6.07, 6.45) is -0.639. The van der Waals surface area contributed by atoms with Crippen molar-refractivity contribution in [3.63, 3.8) is 0 Å². The monoisotopic (exact) mass is 146 g/mol. The van der Waals surface area contributed by atoms with Crippen molar-refractivity contribution in [2.45, 2.75) is 32.5 Å². The van der Waals surface area contributed by atoms with E-state index in [1.54, 1.807) is 6.92 Å². The molecule has 2 unspecified atom stereocenters. The van der Waals surface area contributed by atoms with E-state index in [4.69, 9.17) is 9.84 Å². The lowest BCUT2D eigenvalue weighted by Crippen LogP contribution is -2.27. The third kappa shape index (κ3) is 3.58. The van der Waals surface area contributed by atoms with Gasteiger partial charge in [-0.3, -0.25) is 4.79 Å². The van der Waals surface area contributed by atoms with Crippen LogP contribution in [0.3, 0.4) is 0 Å². The molecule has 0 heterocycles. The van der Waals surface area contributed by atoms with Crippen molar-refractivity contribution in [1.82, 2.24) is 0 Å². The van der Waals surface area contributed by atoms with Crippen LogP contribution >= 0.6 is 0 Å². The highest BCUT2D eigenvalue weighted by molar-refractivity contribution is 5.76. The molecule has 0 fully saturated rings. The minimum atomic E-state index is -0.575. The largest absolute Gasteiger partial charge is 0.391 e. The summed E-state index contributed by atoms with van der Waals surface area (Å²) >= 11 is 0. The summed E-state index contributed by atoms with van der Waals surface area (Å²) in [4.78, 5) is 10.5. The van der Waals surface area contributed by atoms with Crippen molar-refractivity contribution in [1.29, 1.82) is 0 Å². The number of Topliss-reactive ketones (excluding diaryl/α,β-unsaturated/α-hetero) is 1. The first-order valence-corrected chi connectivity index (χ1v) is 3.28. The lowest BCUT2D eigenvalue weighted by molar-refractivity contribution is -0.121. The van der Waals surface area contributed by atoms with Crippen molar-refractivity contribution in [3.05, 3.63) is 0 Å². The molecule has 0 saturated carbocycles. The molecule has 0 radical (unpaired) electrons. The van der Waals surface area contributed by atoms with Crippen molar-refractivity contribution in [2.75, 3.05) is 7.11 Å². The highest BCUT2D eigenvalue weighted by Gasteiger charge is 2.15. The van der Waals surface area contributed by atoms with Crippen LogP contribution < -0.4 is 0 Å². The fourth-order valence-electron chi connectivity index (χ4n) is 0.734. The maximum absolute atomic E-state index is 10.5. The van der Waals surface area contributed by atoms with Crippen molar-refractivity contribution in [3.8, 4) is 0 Å². The molecule has 2 atom stereocenters. The van der Waals surface area contributed by atoms with Crippen molar-refractivity contribution < 1.29 is 14.6 Å². The zero-order valence-electron chi connectivity index (χ0n) is 6.63. The van der Waals surface area contributed by atoms with Crippen LogP contribution in [0.15, 0.2) is 0 Å². The molecule has 0 aromatic rings. The topological polar surface area (TPSA) is 46.5 Å². The summed E-state index contributed by atoms with van der Waals surface area (Å²) in [7, 11) is 1.49. The summed E-state index contributed by atoms with van der Waals surface area (Å²) in [5, 5.41) is 8.98. The molecule has 0 aromatic carbocycles. The van der Waals surface area contributed by atoms with Crippen LogP contribution in [-0.2, 0) is 9.53 Å². The average Bonchev–Trinajstić information content (AvgIpc) is 1.81. The Balaban J connectivity index is 3.71. The van der Waals surface area contributed by atoms with Gasteiger partial charge in [0.2, 0.25) is 0 Å². The average molecular weight is 146 g/mol. The zero-order valence-corrected chi connectivity index (χ0v) is 6.63. The number of carbonyl (C=O) groups is 1. The number of aliphatic hydroxyl groups excluding tert-OH is 1. The number of hydrogen-bond acceptors (Lipinski definition) is 3. The number of ketones is 1. The minimum Gasteiger partial charge on any atom is -0.391 e. The molecule has 0 aliphatic rings. The zero-order chi connectivity index (χ0) is 8.15. The van der Waals surface area contributed by atoms with Gasteiger partial charge in [0.25, 0.3) is 0 Å². The van der Waals surface area contributed by atoms with Gasteiger partial charge in [-0.15, -0.1) is 0 Å². The van der Waals surface area contributed by atoms with E-state index in [1.807, 2.05) is 0 Å². The first kappa shape index (κ1) is 9.59. The van der Waals surface area contributed by atoms with Gasteiger partial charge in [0.15, 0.2) is 0 Å². The smallest absolute Gasteiger partial charge is 0.132 e. The Labute approximate surface area is 61.0 Å². The van der Waals surface area contributed by atoms with Crippen LogP contribution in [0.4, 0.5) is 0 Å². The summed E-state index contributed by atoms with van der Waals surface area (Å²) in [6.45, 7) is 3.09. The SMILES string of the molecule is COC(CC(C)=O)C(C)O. The third-order valence-electron chi connectivity index (χ3n) is 1.33. The summed E-state index contributed by atoms with van der Waals surface area (Å²) in [6, 6.07) is 0. The summed E-state index contributed by atoms with van der Waals surface area (Å²) in [5.41, 5.74) is 0. The highest BCUT2D eigenvalue weighted by Crippen LogP contribution is 2.02. The Morgan fingerprint density at radius 1 is 1.70 bits per heavy atom. The van der Waals surface area contributed by atoms with E-state index in [9.17, 15) is 4.79 Å². The Morgan fingerprint density at radius 2 is 2.20 bits per heavy atom. The predicted molar refractivity (Wildman–Crippen MR) is 37.8 cm³/mol. The first-order chi connectivity index (χ1) is 4.57. The molecule has 0 rings (SSSR count). The molecule has 0 bridgehead atoms. The maximum Gasteiger partial charge on any atom is 0.132 e. The number of hydrogen-bond donors (Lipinski definition) is 1. The van der Waals surface area contributed by atoms with Gasteiger partial charge in [0.05, 0.1) is 12.2 Å². The Morgan fingerprint density at radius 3 is 2.30 bits per heavy atom. The number of carbonyl (C=O) groups excluding carboxylic acids is 1. The van der Waals surface area contributed by atoms with E-state index in [1.165, 1.54) is 14.0 Å². The van der Waals surface area contributed by atoms with Gasteiger partial charge in [-0.1, -0.05) is 0 Å². The first-order valence-electron chi connectivity index (χ1n) is 3.28. The molecule has 0 aromatic heterocycles. The van der Waals surface area contributed by atoms with Gasteiger partial charge in [0.1, 0.15) is 5.78 Å². The number of ether oxygens (including phenoxy) is 1. The fraction of sp³-hybridized carbons (Fsp3) is 0.857. The third-order valence-corrected chi connectivity index (χ3v) is 1.33. The second-order valence-electron chi connectivity index (χ2n) is 2.42. The maximum atomic E-state index is 10.5. The molecule has 0 aliphatic heterocycles. The van der Waals surface area contributed by atoms with Crippen LogP contribution in [0, 0.1) is 0 Å². The van der Waals surface area contributed by atoms with E-state index in [-0.39, 0.29) is 18.3 Å². The Kier molecular flexibility index (Phi) is 4.23. The lowest BCUT2D eigenvalue weighted by atomic mass is 10.1. The van der Waals surface area contributed by atoms with Crippen LogP contribution in [-0.4, -0.2) is 30.2 Å². The molecule has 3 nitrogen and oxygen atoms in total. The molecular formula is C7H14O3. The standard InChI is InChI=1S/C7H14O3/c1-5(8)4-7(10-3)6(2)9/h6-7,9H,4H2,1-3H3. The number of aliphatic hydroxyl groups is 1. The van der Waals surface area contributed by atoms with Crippen LogP contribution in [0.2, 0.25) is 0 Å². The van der Waals surface area contributed by atoms with Gasteiger partial charge in [0, 0.05) is 13.5 Å². The highest BCUT2D eigenvalue weighted by atomic mass is 16.5. The molecule has 10 heavy (non-hydrogen) atoms. The number of methoxy groups -OCH3 is 1. The molecule has 3 heteroatoms. The lowest BCUT2D eigenvalue weighted by Gasteiger charge is -2.15. The van der Waals surface area contributed by atoms with Crippen LogP contribution in [0.1, 0.15) is 20.3 Å². The van der Waals surface area contributed by atoms with E-state index in [0.29, 0.717) is 0 Å². The van der Waals surface area contributed by atoms with E-state index < -0.39 is 6.10 Å². The van der Waals surface area contributed by atoms with E-state index >= 15 is 0 Å². The minimum absolute atomic E-state index is 0.0350. The molecule has 0 saturated heterocycles. The molecule has 0 aliphatic carbocycles. The van der Waals surface area contributed by atoms with Crippen LogP contribution in [0.5, 0.6) is 0 Å². The van der Waals surface area contributed by atoms with Gasteiger partial charge < -0.3 is 9.84 Å². The summed E-state index contributed by atoms with van der Waals surface area (Å²) in [5.74, 6) is 0.0350. The van der Waals surface area contributed by atoms with Crippen LogP contribution in [0.25, 0.3) is 0 Å². The van der Waals surface area contributed by atoms with Gasteiger partial charge in [-0.2, -0.15) is 0 Å². The van der Waals surface area contributed by atoms with E-state index in [2.05, 4.69) is 0 Å². The van der Waals surface area contributed by atoms with Gasteiger partial charge in [-0.25, -0.2) is 0 Å². The molecule has 1 N–H and O–H groups in total. The molecule has 0 spiro atoms. The molecule has 0 amide bonds. The molecular weight excluding hydrogens is 132 g/mol. The summed E-state index contributed by atoms with van der Waals surface area (Å²) < 4.78 is 4.85. The molecule has 60 valence electrons.